The van der Waals surface area contributed by atoms with Gasteiger partial charge in [0.25, 0.3) is 0 Å². The molecule has 1 fully saturated rings. The summed E-state index contributed by atoms with van der Waals surface area (Å²) in [6.07, 6.45) is 3.55. The van der Waals surface area contributed by atoms with Gasteiger partial charge in [-0.15, -0.1) is 0 Å². The summed E-state index contributed by atoms with van der Waals surface area (Å²) in [6, 6.07) is 10.4. The van der Waals surface area contributed by atoms with E-state index in [9.17, 15) is 4.39 Å². The Kier molecular flexibility index (Phi) is 3.73. The van der Waals surface area contributed by atoms with Gasteiger partial charge in [0.15, 0.2) is 0 Å². The molecule has 16 heavy (non-hydrogen) atoms. The summed E-state index contributed by atoms with van der Waals surface area (Å²) in [6.45, 7) is -0.439. The van der Waals surface area contributed by atoms with E-state index in [1.165, 1.54) is 5.56 Å². The van der Waals surface area contributed by atoms with E-state index in [4.69, 9.17) is 5.11 Å². The first-order chi connectivity index (χ1) is 7.81. The van der Waals surface area contributed by atoms with Gasteiger partial charge < -0.3 is 5.11 Å². The number of halogens is 1. The van der Waals surface area contributed by atoms with Crippen molar-refractivity contribution in [1.29, 1.82) is 0 Å². The van der Waals surface area contributed by atoms with Gasteiger partial charge in [-0.3, -0.25) is 0 Å². The minimum atomic E-state index is -0.439. The first-order valence-corrected chi connectivity index (χ1v) is 5.83. The molecule has 0 atom stereocenters. The first-order valence-electron chi connectivity index (χ1n) is 5.83. The third-order valence-electron chi connectivity index (χ3n) is 3.38. The lowest BCUT2D eigenvalue weighted by Gasteiger charge is -2.24. The molecule has 1 aromatic rings. The fourth-order valence-electron chi connectivity index (χ4n) is 2.41. The van der Waals surface area contributed by atoms with Crippen molar-refractivity contribution in [3.8, 4) is 0 Å². The van der Waals surface area contributed by atoms with Crippen molar-refractivity contribution in [3.05, 3.63) is 47.3 Å². The Labute approximate surface area is 95.6 Å². The van der Waals surface area contributed by atoms with E-state index >= 15 is 0 Å². The average Bonchev–Trinajstić information content (AvgIpc) is 2.39. The molecule has 2 heteroatoms. The SMILES string of the molecule is OCC(F)=C1CCC(c2ccccc2)CC1. The summed E-state index contributed by atoms with van der Waals surface area (Å²) < 4.78 is 13.2. The van der Waals surface area contributed by atoms with Crippen LogP contribution in [0, 0.1) is 0 Å². The number of hydrogen-bond acceptors (Lipinski definition) is 1. The summed E-state index contributed by atoms with van der Waals surface area (Å²) in [5.74, 6) is 0.239. The molecule has 0 bridgehead atoms. The number of benzene rings is 1. The van der Waals surface area contributed by atoms with Crippen molar-refractivity contribution in [2.45, 2.75) is 31.6 Å². The number of aliphatic hydroxyl groups is 1. The van der Waals surface area contributed by atoms with E-state index in [0.29, 0.717) is 5.92 Å². The molecule has 1 aliphatic rings. The fourth-order valence-corrected chi connectivity index (χ4v) is 2.41. The van der Waals surface area contributed by atoms with Gasteiger partial charge >= 0.3 is 0 Å². The largest absolute Gasteiger partial charge is 0.389 e. The minimum absolute atomic E-state index is 0.313. The van der Waals surface area contributed by atoms with E-state index in [2.05, 4.69) is 24.3 Å². The maximum Gasteiger partial charge on any atom is 0.124 e. The fraction of sp³-hybridized carbons (Fsp3) is 0.429. The van der Waals surface area contributed by atoms with Crippen molar-refractivity contribution in [2.75, 3.05) is 6.61 Å². The number of rotatable bonds is 2. The Hall–Kier alpha value is -1.15. The van der Waals surface area contributed by atoms with Crippen molar-refractivity contribution >= 4 is 0 Å². The van der Waals surface area contributed by atoms with Crippen LogP contribution in [0.25, 0.3) is 0 Å². The van der Waals surface area contributed by atoms with Gasteiger partial charge in [-0.25, -0.2) is 4.39 Å². The molecule has 0 amide bonds. The number of aliphatic hydroxyl groups excluding tert-OH is 1. The molecule has 1 N–H and O–H groups in total. The van der Waals surface area contributed by atoms with Gasteiger partial charge in [0.1, 0.15) is 5.83 Å². The molecule has 0 aromatic heterocycles. The second-order valence-electron chi connectivity index (χ2n) is 4.35. The van der Waals surface area contributed by atoms with Gasteiger partial charge in [0.05, 0.1) is 6.61 Å². The molecule has 0 radical (unpaired) electrons. The summed E-state index contributed by atoms with van der Waals surface area (Å²) in [5.41, 5.74) is 2.17. The van der Waals surface area contributed by atoms with Crippen LogP contribution in [0.15, 0.2) is 41.7 Å². The lowest BCUT2D eigenvalue weighted by molar-refractivity contribution is 0.291. The van der Waals surface area contributed by atoms with Crippen LogP contribution in [-0.4, -0.2) is 11.7 Å². The zero-order valence-electron chi connectivity index (χ0n) is 9.32. The van der Waals surface area contributed by atoms with Crippen LogP contribution in [0.3, 0.4) is 0 Å². The Morgan fingerprint density at radius 2 is 1.81 bits per heavy atom. The van der Waals surface area contributed by atoms with Crippen LogP contribution >= 0.6 is 0 Å². The van der Waals surface area contributed by atoms with Gasteiger partial charge in [-0.1, -0.05) is 30.3 Å². The van der Waals surface area contributed by atoms with Gasteiger partial charge in [0.2, 0.25) is 0 Å². The van der Waals surface area contributed by atoms with E-state index in [1.54, 1.807) is 0 Å². The van der Waals surface area contributed by atoms with E-state index in [-0.39, 0.29) is 5.83 Å². The summed E-state index contributed by atoms with van der Waals surface area (Å²) in [4.78, 5) is 0. The molecule has 0 aliphatic heterocycles. The highest BCUT2D eigenvalue weighted by molar-refractivity contribution is 5.22. The normalized spacial score (nSPS) is 20.9. The van der Waals surface area contributed by atoms with E-state index < -0.39 is 6.61 Å². The highest BCUT2D eigenvalue weighted by atomic mass is 19.1. The highest BCUT2D eigenvalue weighted by Crippen LogP contribution is 2.36. The quantitative estimate of drug-likeness (QED) is 0.808. The standard InChI is InChI=1S/C14H17FO/c15-14(10-16)13-8-6-12(7-9-13)11-4-2-1-3-5-11/h1-5,12,16H,6-10H2. The maximum absolute atomic E-state index is 13.2. The minimum Gasteiger partial charge on any atom is -0.389 e. The lowest BCUT2D eigenvalue weighted by atomic mass is 9.81. The van der Waals surface area contributed by atoms with Crippen LogP contribution in [0.5, 0.6) is 0 Å². The van der Waals surface area contributed by atoms with Crippen molar-refractivity contribution in [1.82, 2.24) is 0 Å². The molecular formula is C14H17FO. The molecule has 0 heterocycles. The molecule has 1 aliphatic carbocycles. The Morgan fingerprint density at radius 3 is 2.38 bits per heavy atom. The second kappa shape index (κ2) is 5.26. The molecular weight excluding hydrogens is 203 g/mol. The predicted molar refractivity (Wildman–Crippen MR) is 62.9 cm³/mol. The number of allylic oxidation sites excluding steroid dienone is 1. The van der Waals surface area contributed by atoms with Gasteiger partial charge in [0, 0.05) is 0 Å². The van der Waals surface area contributed by atoms with E-state index in [1.807, 2.05) is 6.07 Å². The monoisotopic (exact) mass is 220 g/mol. The predicted octanol–water partition coefficient (Wildman–Crippen LogP) is 3.56. The molecule has 0 saturated heterocycles. The molecule has 86 valence electrons. The third kappa shape index (κ3) is 2.50. The summed E-state index contributed by atoms with van der Waals surface area (Å²) in [7, 11) is 0. The van der Waals surface area contributed by atoms with Crippen molar-refractivity contribution in [3.63, 3.8) is 0 Å². The first kappa shape index (κ1) is 11.3. The van der Waals surface area contributed by atoms with Crippen LogP contribution in [0.2, 0.25) is 0 Å². The molecule has 1 nitrogen and oxygen atoms in total. The lowest BCUT2D eigenvalue weighted by Crippen LogP contribution is -2.08. The van der Waals surface area contributed by atoms with Crippen molar-refractivity contribution < 1.29 is 9.50 Å². The summed E-state index contributed by atoms with van der Waals surface area (Å²) >= 11 is 0. The van der Waals surface area contributed by atoms with Crippen LogP contribution in [0.4, 0.5) is 4.39 Å². The zero-order valence-corrected chi connectivity index (χ0v) is 9.32. The summed E-state index contributed by atoms with van der Waals surface area (Å²) in [5, 5.41) is 8.74. The highest BCUT2D eigenvalue weighted by Gasteiger charge is 2.20. The van der Waals surface area contributed by atoms with Gasteiger partial charge in [-0.2, -0.15) is 0 Å². The van der Waals surface area contributed by atoms with Crippen LogP contribution in [0.1, 0.15) is 37.2 Å². The molecule has 0 unspecified atom stereocenters. The second-order valence-corrected chi connectivity index (χ2v) is 4.35. The maximum atomic E-state index is 13.2. The topological polar surface area (TPSA) is 20.2 Å². The Bertz CT molecular complexity index is 360. The molecule has 2 rings (SSSR count). The van der Waals surface area contributed by atoms with Gasteiger partial charge in [-0.05, 0) is 42.7 Å². The van der Waals surface area contributed by atoms with Crippen LogP contribution < -0.4 is 0 Å². The van der Waals surface area contributed by atoms with E-state index in [0.717, 1.165) is 31.3 Å². The van der Waals surface area contributed by atoms with Crippen LogP contribution in [-0.2, 0) is 0 Å². The molecule has 1 saturated carbocycles. The number of hydrogen-bond donors (Lipinski definition) is 1. The smallest absolute Gasteiger partial charge is 0.124 e. The third-order valence-corrected chi connectivity index (χ3v) is 3.38. The zero-order chi connectivity index (χ0) is 11.4. The average molecular weight is 220 g/mol. The Morgan fingerprint density at radius 1 is 1.19 bits per heavy atom. The molecule has 1 aromatic carbocycles. The molecule has 0 spiro atoms. The Balaban J connectivity index is 2.01. The van der Waals surface area contributed by atoms with Crippen molar-refractivity contribution in [2.24, 2.45) is 0 Å².